The van der Waals surface area contributed by atoms with Crippen molar-refractivity contribution in [1.82, 2.24) is 0 Å². The molecule has 0 bridgehead atoms. The summed E-state index contributed by atoms with van der Waals surface area (Å²) in [5.41, 5.74) is 0. The number of rotatable bonds is 7. The highest BCUT2D eigenvalue weighted by Gasteiger charge is 2.34. The molecule has 0 rings (SSSR count). The van der Waals surface area contributed by atoms with Crippen LogP contribution in [0.15, 0.2) is 12.2 Å². The average Bonchev–Trinajstić information content (AvgIpc) is 2.25. The number of carbonyl (C=O) groups excluding carboxylic acids is 1. The third-order valence-electron chi connectivity index (χ3n) is 3.25. The number of ether oxygens (including phenoxy) is 1. The maximum atomic E-state index is 11.4. The molecule has 0 aromatic rings. The number of halogens is 1. The molecule has 4 nitrogen and oxygen atoms in total. The van der Waals surface area contributed by atoms with Crippen LogP contribution in [-0.2, 0) is 9.53 Å². The van der Waals surface area contributed by atoms with Gasteiger partial charge in [-0.15, -0.1) is 0 Å². The lowest BCUT2D eigenvalue weighted by molar-refractivity contribution is -0.966. The summed E-state index contributed by atoms with van der Waals surface area (Å²) >= 11 is 0. The molecular formula is C13H26ClNO3. The summed E-state index contributed by atoms with van der Waals surface area (Å²) in [5.74, 6) is -0.324. The first-order chi connectivity index (χ1) is 7.91. The fraction of sp³-hybridized carbons (Fsp3) is 0.769. The van der Waals surface area contributed by atoms with E-state index in [-0.39, 0.29) is 24.6 Å². The molecule has 0 saturated carbocycles. The number of esters is 1. The van der Waals surface area contributed by atoms with E-state index >= 15 is 0 Å². The zero-order chi connectivity index (χ0) is 13.5. The molecule has 5 heteroatoms. The van der Waals surface area contributed by atoms with Crippen LogP contribution < -0.4 is 12.4 Å². The van der Waals surface area contributed by atoms with Crippen LogP contribution >= 0.6 is 0 Å². The van der Waals surface area contributed by atoms with Crippen LogP contribution in [0.4, 0.5) is 0 Å². The average molecular weight is 280 g/mol. The van der Waals surface area contributed by atoms with Crippen molar-refractivity contribution in [3.63, 3.8) is 0 Å². The Balaban J connectivity index is 0. The van der Waals surface area contributed by atoms with Gasteiger partial charge in [-0.05, 0) is 27.7 Å². The molecule has 0 amide bonds. The Kier molecular flexibility index (Phi) is 10.3. The number of nitrogens with zero attached hydrogens (tertiary/aromatic N) is 1. The van der Waals surface area contributed by atoms with Crippen LogP contribution in [0, 0.1) is 0 Å². The van der Waals surface area contributed by atoms with E-state index in [1.54, 1.807) is 19.9 Å². The Morgan fingerprint density at radius 2 is 1.83 bits per heavy atom. The number of hydrogen-bond donors (Lipinski definition) is 1. The van der Waals surface area contributed by atoms with Crippen molar-refractivity contribution in [3.05, 3.63) is 12.2 Å². The van der Waals surface area contributed by atoms with Gasteiger partial charge in [-0.25, -0.2) is 4.79 Å². The lowest BCUT2D eigenvalue weighted by Gasteiger charge is -2.41. The molecule has 0 spiro atoms. The lowest BCUT2D eigenvalue weighted by Crippen LogP contribution is -3.00. The molecular weight excluding hydrogens is 254 g/mol. The Hall–Kier alpha value is -0.580. The van der Waals surface area contributed by atoms with E-state index < -0.39 is 6.10 Å². The van der Waals surface area contributed by atoms with Gasteiger partial charge >= 0.3 is 5.97 Å². The quantitative estimate of drug-likeness (QED) is 0.273. The molecule has 0 aliphatic rings. The molecule has 2 unspecified atom stereocenters. The highest BCUT2D eigenvalue weighted by molar-refractivity contribution is 5.81. The van der Waals surface area contributed by atoms with E-state index in [0.29, 0.717) is 11.0 Å². The summed E-state index contributed by atoms with van der Waals surface area (Å²) < 4.78 is 5.96. The number of aliphatic hydroxyl groups excluding tert-OH is 1. The van der Waals surface area contributed by atoms with Crippen molar-refractivity contribution in [2.75, 3.05) is 19.6 Å². The normalized spacial score (nSPS) is 15.0. The molecule has 108 valence electrons. The lowest BCUT2D eigenvalue weighted by atomic mass is 10.2. The summed E-state index contributed by atoms with van der Waals surface area (Å²) in [7, 11) is 0. The second-order valence-electron chi connectivity index (χ2n) is 4.42. The summed E-state index contributed by atoms with van der Waals surface area (Å²) in [6.07, 6.45) is 2.43. The summed E-state index contributed by atoms with van der Waals surface area (Å²) in [4.78, 5) is 11.4. The molecule has 0 fully saturated rings. The predicted molar refractivity (Wildman–Crippen MR) is 68.3 cm³/mol. The maximum absolute atomic E-state index is 11.4. The highest BCUT2D eigenvalue weighted by Crippen LogP contribution is 2.16. The van der Waals surface area contributed by atoms with E-state index in [9.17, 15) is 9.90 Å². The number of likely N-dealkylation sites (N-methyl/N-ethyl adjacent to an activating group) is 1. The first kappa shape index (κ1) is 19.8. The van der Waals surface area contributed by atoms with Crippen LogP contribution in [0.5, 0.6) is 0 Å². The van der Waals surface area contributed by atoms with Crippen LogP contribution in [0.3, 0.4) is 0 Å². The van der Waals surface area contributed by atoms with E-state index in [4.69, 9.17) is 4.74 Å². The predicted octanol–water partition coefficient (Wildman–Crippen LogP) is -1.31. The fourth-order valence-corrected chi connectivity index (χ4v) is 2.13. The number of hydrogen-bond acceptors (Lipinski definition) is 3. The van der Waals surface area contributed by atoms with E-state index in [1.165, 1.54) is 6.08 Å². The molecule has 18 heavy (non-hydrogen) atoms. The second-order valence-corrected chi connectivity index (χ2v) is 4.42. The Morgan fingerprint density at radius 1 is 1.33 bits per heavy atom. The van der Waals surface area contributed by atoms with Gasteiger partial charge in [0.05, 0.1) is 13.1 Å². The van der Waals surface area contributed by atoms with Gasteiger partial charge in [0.2, 0.25) is 6.23 Å². The van der Waals surface area contributed by atoms with Gasteiger partial charge in [0.15, 0.2) is 0 Å². The third kappa shape index (κ3) is 5.85. The first-order valence-electron chi connectivity index (χ1n) is 6.29. The van der Waals surface area contributed by atoms with Crippen LogP contribution in [0.1, 0.15) is 34.6 Å². The summed E-state index contributed by atoms with van der Waals surface area (Å²) in [5, 5.41) is 9.57. The molecule has 0 saturated heterocycles. The maximum Gasteiger partial charge on any atom is 0.334 e. The van der Waals surface area contributed by atoms with E-state index in [0.717, 1.165) is 13.1 Å². The largest absolute Gasteiger partial charge is 1.00 e. The summed E-state index contributed by atoms with van der Waals surface area (Å²) in [6, 6.07) is 0. The standard InChI is InChI=1S/C13H26NO3.ClH/c1-6-9-13(16)17-12(5)14(7-2,8-3)10-11(4)15;/h6,9,11-12,15H,7-8,10H2,1-5H3;1H/q+1;/p-1. The minimum absolute atomic E-state index is 0. The number of allylic oxidation sites excluding steroid dienone is 1. The number of quaternary nitrogens is 1. The van der Waals surface area contributed by atoms with Crippen LogP contribution in [0.2, 0.25) is 0 Å². The van der Waals surface area contributed by atoms with Crippen molar-refractivity contribution in [2.45, 2.75) is 47.0 Å². The van der Waals surface area contributed by atoms with E-state index in [1.807, 2.05) is 20.8 Å². The Morgan fingerprint density at radius 3 is 2.17 bits per heavy atom. The van der Waals surface area contributed by atoms with Crippen molar-refractivity contribution in [3.8, 4) is 0 Å². The zero-order valence-corrected chi connectivity index (χ0v) is 12.8. The monoisotopic (exact) mass is 279 g/mol. The minimum Gasteiger partial charge on any atom is -1.00 e. The molecule has 0 aliphatic carbocycles. The van der Waals surface area contributed by atoms with Crippen LogP contribution in [-0.4, -0.2) is 47.5 Å². The number of aliphatic hydroxyl groups is 1. The molecule has 2 atom stereocenters. The van der Waals surface area contributed by atoms with Gasteiger partial charge in [0, 0.05) is 13.0 Å². The molecule has 0 aliphatic heterocycles. The van der Waals surface area contributed by atoms with E-state index in [2.05, 4.69) is 0 Å². The van der Waals surface area contributed by atoms with Gasteiger partial charge < -0.3 is 22.3 Å². The van der Waals surface area contributed by atoms with Gasteiger partial charge in [-0.2, -0.15) is 0 Å². The van der Waals surface area contributed by atoms with Crippen LogP contribution in [0.25, 0.3) is 0 Å². The van der Waals surface area contributed by atoms with Crippen molar-refractivity contribution >= 4 is 5.97 Å². The molecule has 0 heterocycles. The van der Waals surface area contributed by atoms with Crippen molar-refractivity contribution in [2.24, 2.45) is 0 Å². The molecule has 1 N–H and O–H groups in total. The first-order valence-corrected chi connectivity index (χ1v) is 6.29. The second kappa shape index (κ2) is 9.36. The fourth-order valence-electron chi connectivity index (χ4n) is 2.13. The SMILES string of the molecule is CC=CC(=O)OC(C)[N+](CC)(CC)CC(C)O.[Cl-]. The summed E-state index contributed by atoms with van der Waals surface area (Å²) in [6.45, 7) is 11.8. The third-order valence-corrected chi connectivity index (χ3v) is 3.25. The number of carbonyl (C=O) groups is 1. The van der Waals surface area contributed by atoms with Gasteiger partial charge in [-0.3, -0.25) is 4.48 Å². The molecule has 0 radical (unpaired) electrons. The zero-order valence-electron chi connectivity index (χ0n) is 12.0. The molecule has 0 aromatic heterocycles. The minimum atomic E-state index is -0.405. The Labute approximate surface area is 117 Å². The van der Waals surface area contributed by atoms with Crippen molar-refractivity contribution in [1.29, 1.82) is 0 Å². The highest BCUT2D eigenvalue weighted by atomic mass is 35.5. The van der Waals surface area contributed by atoms with Gasteiger partial charge in [0.1, 0.15) is 12.6 Å². The van der Waals surface area contributed by atoms with Crippen molar-refractivity contribution < 1.29 is 31.5 Å². The van der Waals surface area contributed by atoms with Gasteiger partial charge in [-0.1, -0.05) is 6.08 Å². The Bertz CT molecular complexity index is 263. The molecule has 0 aromatic carbocycles. The topological polar surface area (TPSA) is 46.5 Å². The van der Waals surface area contributed by atoms with Gasteiger partial charge in [0.25, 0.3) is 0 Å². The smallest absolute Gasteiger partial charge is 0.334 e.